The first-order valence-electron chi connectivity index (χ1n) is 6.43. The molecule has 0 aliphatic rings. The monoisotopic (exact) mass is 235 g/mol. The number of benzene rings is 1. The van der Waals surface area contributed by atoms with E-state index >= 15 is 0 Å². The van der Waals surface area contributed by atoms with Crippen LogP contribution >= 0.6 is 0 Å². The molecular weight excluding hydrogens is 212 g/mol. The van der Waals surface area contributed by atoms with Crippen LogP contribution < -0.4 is 0 Å². The van der Waals surface area contributed by atoms with Crippen molar-refractivity contribution in [1.82, 2.24) is 0 Å². The van der Waals surface area contributed by atoms with Crippen LogP contribution in [0.4, 0.5) is 0 Å². The molecule has 0 unspecified atom stereocenters. The van der Waals surface area contributed by atoms with Crippen molar-refractivity contribution in [3.63, 3.8) is 0 Å². The largest absolute Gasteiger partial charge is 0.298 e. The second-order valence-electron chi connectivity index (χ2n) is 4.00. The van der Waals surface area contributed by atoms with Crippen LogP contribution in [-0.2, 0) is 5.11 Å². The van der Waals surface area contributed by atoms with Gasteiger partial charge in [-0.05, 0) is 6.42 Å². The average molecular weight is 235 g/mol. The Hall–Kier alpha value is -1.15. The summed E-state index contributed by atoms with van der Waals surface area (Å²) < 4.78 is 0. The lowest BCUT2D eigenvalue weighted by molar-refractivity contribution is 0.112. The SMILES string of the molecule is CCCCCCCC[O].O=Cc1ccccc1. The normalized spacial score (nSPS) is 9.29. The van der Waals surface area contributed by atoms with Crippen LogP contribution in [0.3, 0.4) is 0 Å². The van der Waals surface area contributed by atoms with Crippen molar-refractivity contribution in [2.45, 2.75) is 45.4 Å². The molecular formula is C15H23O2. The molecule has 0 N–H and O–H groups in total. The van der Waals surface area contributed by atoms with Crippen molar-refractivity contribution in [1.29, 1.82) is 0 Å². The molecule has 2 nitrogen and oxygen atoms in total. The second-order valence-corrected chi connectivity index (χ2v) is 4.00. The molecule has 0 spiro atoms. The Morgan fingerprint density at radius 3 is 2.00 bits per heavy atom. The molecule has 1 aromatic carbocycles. The van der Waals surface area contributed by atoms with Crippen LogP contribution in [0.25, 0.3) is 0 Å². The second kappa shape index (κ2) is 12.9. The van der Waals surface area contributed by atoms with Gasteiger partial charge in [0.1, 0.15) is 6.29 Å². The molecule has 0 fully saturated rings. The molecule has 1 radical (unpaired) electrons. The lowest BCUT2D eigenvalue weighted by Crippen LogP contribution is -1.81. The quantitative estimate of drug-likeness (QED) is 0.513. The number of hydrogen-bond donors (Lipinski definition) is 0. The van der Waals surface area contributed by atoms with Crippen LogP contribution in [0.15, 0.2) is 30.3 Å². The number of unbranched alkanes of at least 4 members (excludes halogenated alkanes) is 5. The van der Waals surface area contributed by atoms with Gasteiger partial charge in [-0.15, -0.1) is 0 Å². The summed E-state index contributed by atoms with van der Waals surface area (Å²) in [7, 11) is 0. The predicted octanol–water partition coefficient (Wildman–Crippen LogP) is 4.28. The van der Waals surface area contributed by atoms with Gasteiger partial charge in [-0.3, -0.25) is 4.79 Å². The minimum Gasteiger partial charge on any atom is -0.298 e. The summed E-state index contributed by atoms with van der Waals surface area (Å²) in [5, 5.41) is 9.96. The van der Waals surface area contributed by atoms with Crippen molar-refractivity contribution in [2.24, 2.45) is 0 Å². The summed E-state index contributed by atoms with van der Waals surface area (Å²) in [4.78, 5) is 10.0. The van der Waals surface area contributed by atoms with E-state index in [0.717, 1.165) is 24.7 Å². The smallest absolute Gasteiger partial charge is 0.150 e. The van der Waals surface area contributed by atoms with E-state index in [-0.39, 0.29) is 6.61 Å². The fraction of sp³-hybridized carbons (Fsp3) is 0.533. The highest BCUT2D eigenvalue weighted by atomic mass is 16.2. The molecule has 0 aromatic heterocycles. The molecule has 0 aliphatic heterocycles. The first-order valence-corrected chi connectivity index (χ1v) is 6.43. The maximum atomic E-state index is 10.0. The highest BCUT2D eigenvalue weighted by Gasteiger charge is 1.87. The van der Waals surface area contributed by atoms with E-state index in [9.17, 15) is 9.90 Å². The lowest BCUT2D eigenvalue weighted by atomic mass is 10.1. The zero-order chi connectivity index (χ0) is 12.8. The van der Waals surface area contributed by atoms with Gasteiger partial charge in [0, 0.05) is 5.56 Å². The molecule has 0 heterocycles. The standard InChI is InChI=1S/C8H17O.C7H6O/c1-2-3-4-5-6-7-8-9;8-6-7-4-2-1-3-5-7/h2-8H2,1H3;1-6H. The topological polar surface area (TPSA) is 37.0 Å². The van der Waals surface area contributed by atoms with E-state index < -0.39 is 0 Å². The van der Waals surface area contributed by atoms with Crippen molar-refractivity contribution >= 4 is 6.29 Å². The maximum absolute atomic E-state index is 10.0. The van der Waals surface area contributed by atoms with Gasteiger partial charge in [0.15, 0.2) is 0 Å². The van der Waals surface area contributed by atoms with E-state index in [2.05, 4.69) is 6.92 Å². The van der Waals surface area contributed by atoms with Gasteiger partial charge in [0.2, 0.25) is 0 Å². The molecule has 0 aliphatic carbocycles. The number of carbonyl (C=O) groups is 1. The highest BCUT2D eigenvalue weighted by molar-refractivity contribution is 5.74. The lowest BCUT2D eigenvalue weighted by Gasteiger charge is -1.95. The zero-order valence-corrected chi connectivity index (χ0v) is 10.7. The molecule has 1 aromatic rings. The van der Waals surface area contributed by atoms with E-state index in [4.69, 9.17) is 0 Å². The summed E-state index contributed by atoms with van der Waals surface area (Å²) in [5.74, 6) is 0. The van der Waals surface area contributed by atoms with E-state index in [0.29, 0.717) is 0 Å². The Morgan fingerprint density at radius 1 is 0.941 bits per heavy atom. The van der Waals surface area contributed by atoms with E-state index in [1.165, 1.54) is 25.7 Å². The summed E-state index contributed by atoms with van der Waals surface area (Å²) in [6.45, 7) is 2.32. The Bertz CT molecular complexity index is 251. The Kier molecular flexibility index (Phi) is 12.0. The first kappa shape index (κ1) is 15.9. The predicted molar refractivity (Wildman–Crippen MR) is 70.8 cm³/mol. The van der Waals surface area contributed by atoms with Gasteiger partial charge in [-0.2, -0.15) is 0 Å². The van der Waals surface area contributed by atoms with Crippen molar-refractivity contribution in [3.8, 4) is 0 Å². The van der Waals surface area contributed by atoms with Crippen molar-refractivity contribution in [3.05, 3.63) is 35.9 Å². The summed E-state index contributed by atoms with van der Waals surface area (Å²) >= 11 is 0. The molecule has 0 saturated heterocycles. The Labute approximate surface area is 105 Å². The van der Waals surface area contributed by atoms with Crippen LogP contribution in [0.5, 0.6) is 0 Å². The third kappa shape index (κ3) is 11.1. The molecule has 0 saturated carbocycles. The minimum absolute atomic E-state index is 0.117. The minimum atomic E-state index is 0.117. The van der Waals surface area contributed by atoms with Crippen LogP contribution in [0.2, 0.25) is 0 Å². The Balaban J connectivity index is 0.000000302. The average Bonchev–Trinajstić information content (AvgIpc) is 2.40. The van der Waals surface area contributed by atoms with Gasteiger partial charge in [0.25, 0.3) is 0 Å². The number of aldehydes is 1. The summed E-state index contributed by atoms with van der Waals surface area (Å²) in [6.07, 6.45) is 8.05. The van der Waals surface area contributed by atoms with Gasteiger partial charge >= 0.3 is 0 Å². The van der Waals surface area contributed by atoms with Crippen LogP contribution in [-0.4, -0.2) is 12.9 Å². The van der Waals surface area contributed by atoms with Gasteiger partial charge in [-0.25, -0.2) is 5.11 Å². The van der Waals surface area contributed by atoms with Crippen molar-refractivity contribution in [2.75, 3.05) is 6.61 Å². The maximum Gasteiger partial charge on any atom is 0.150 e. The van der Waals surface area contributed by atoms with Crippen LogP contribution in [0.1, 0.15) is 55.8 Å². The fourth-order valence-electron chi connectivity index (χ4n) is 1.41. The first-order chi connectivity index (χ1) is 8.35. The van der Waals surface area contributed by atoms with E-state index in [1.807, 2.05) is 18.2 Å². The van der Waals surface area contributed by atoms with E-state index in [1.54, 1.807) is 12.1 Å². The van der Waals surface area contributed by atoms with Gasteiger partial charge in [0.05, 0.1) is 6.61 Å². The zero-order valence-electron chi connectivity index (χ0n) is 10.7. The summed E-state index contributed by atoms with van der Waals surface area (Å²) in [5.41, 5.74) is 0.729. The molecule has 0 amide bonds. The third-order valence-electron chi connectivity index (χ3n) is 2.43. The molecule has 0 atom stereocenters. The fourth-order valence-corrected chi connectivity index (χ4v) is 1.41. The third-order valence-corrected chi connectivity index (χ3v) is 2.43. The highest BCUT2D eigenvalue weighted by Crippen LogP contribution is 2.03. The number of rotatable bonds is 7. The van der Waals surface area contributed by atoms with Crippen LogP contribution in [0, 0.1) is 0 Å². The molecule has 0 bridgehead atoms. The Morgan fingerprint density at radius 2 is 1.53 bits per heavy atom. The molecule has 95 valence electrons. The molecule has 2 heteroatoms. The van der Waals surface area contributed by atoms with Gasteiger partial charge < -0.3 is 0 Å². The van der Waals surface area contributed by atoms with Gasteiger partial charge in [-0.1, -0.05) is 69.4 Å². The number of hydrogen-bond acceptors (Lipinski definition) is 1. The summed E-state index contributed by atoms with van der Waals surface area (Å²) in [6, 6.07) is 9.10. The molecule has 17 heavy (non-hydrogen) atoms. The van der Waals surface area contributed by atoms with Crippen molar-refractivity contribution < 1.29 is 9.90 Å². The molecule has 1 rings (SSSR count). The number of carbonyl (C=O) groups excluding carboxylic acids is 1.